The number of aryl methyl sites for hydroxylation is 1. The van der Waals surface area contributed by atoms with Crippen molar-refractivity contribution < 1.29 is 14.1 Å². The molecule has 3 heterocycles. The van der Waals surface area contributed by atoms with Gasteiger partial charge in [0.15, 0.2) is 11.6 Å². The predicted octanol–water partition coefficient (Wildman–Crippen LogP) is 2.69. The van der Waals surface area contributed by atoms with Crippen LogP contribution in [0, 0.1) is 11.3 Å². The van der Waals surface area contributed by atoms with Gasteiger partial charge in [-0.05, 0) is 30.3 Å². The summed E-state index contributed by atoms with van der Waals surface area (Å²) in [7, 11) is 0. The molecule has 4 aromatic rings. The number of carbonyl (C=O) groups is 2. The highest BCUT2D eigenvalue weighted by atomic mass is 16.5. The molecule has 2 N–H and O–H groups in total. The normalized spacial score (nSPS) is 12.7. The third-order valence-corrected chi connectivity index (χ3v) is 5.11. The monoisotopic (exact) mass is 399 g/mol. The van der Waals surface area contributed by atoms with E-state index in [9.17, 15) is 19.6 Å². The van der Waals surface area contributed by atoms with Crippen molar-refractivity contribution in [1.29, 1.82) is 5.26 Å². The summed E-state index contributed by atoms with van der Waals surface area (Å²) in [6, 6.07) is 13.8. The van der Waals surface area contributed by atoms with Gasteiger partial charge in [-0.1, -0.05) is 17.3 Å². The minimum atomic E-state index is -0.746. The number of anilines is 1. The summed E-state index contributed by atoms with van der Waals surface area (Å²) in [6.45, 7) is 0.416. The third-order valence-electron chi connectivity index (χ3n) is 5.11. The second-order valence-corrected chi connectivity index (χ2v) is 6.87. The van der Waals surface area contributed by atoms with E-state index < -0.39 is 5.76 Å². The first kappa shape index (κ1) is 17.6. The number of aromatic amines is 1. The molecule has 1 aliphatic rings. The number of benzene rings is 2. The first-order chi connectivity index (χ1) is 14.5. The van der Waals surface area contributed by atoms with Crippen LogP contribution in [0.15, 0.2) is 51.8 Å². The number of nitriles is 1. The number of amides is 1. The lowest BCUT2D eigenvalue weighted by Gasteiger charge is -2.17. The number of para-hydroxylation sites is 1. The molecule has 9 nitrogen and oxygen atoms in total. The van der Waals surface area contributed by atoms with Crippen molar-refractivity contribution in [1.82, 2.24) is 14.7 Å². The zero-order valence-corrected chi connectivity index (χ0v) is 15.4. The largest absolute Gasteiger partial charge is 0.439 e. The number of hydrogen-bond acceptors (Lipinski definition) is 6. The second kappa shape index (κ2) is 6.56. The van der Waals surface area contributed by atoms with Gasteiger partial charge in [-0.3, -0.25) is 19.1 Å². The Bertz CT molecular complexity index is 1450. The van der Waals surface area contributed by atoms with Crippen LogP contribution in [0.5, 0.6) is 0 Å². The van der Waals surface area contributed by atoms with Gasteiger partial charge in [-0.25, -0.2) is 4.79 Å². The first-order valence-electron chi connectivity index (χ1n) is 9.12. The zero-order valence-electron chi connectivity index (χ0n) is 15.4. The standard InChI is InChI=1S/C21H13N5O4/c22-10-11-4-5-15(14(8-11)19-24-21(29)30-25-19)23-20(28)16-9-12-2-1-3-13-17(27)6-7-26(16)18(12)13/h1-5,8-9H,6-7H2,(H,23,28)(H,24,25,29). The van der Waals surface area contributed by atoms with E-state index in [1.807, 2.05) is 16.7 Å². The molecule has 5 rings (SSSR count). The van der Waals surface area contributed by atoms with Gasteiger partial charge in [0.25, 0.3) is 5.91 Å². The maximum absolute atomic E-state index is 13.1. The van der Waals surface area contributed by atoms with Gasteiger partial charge < -0.3 is 9.88 Å². The van der Waals surface area contributed by atoms with Crippen molar-refractivity contribution in [3.63, 3.8) is 0 Å². The molecule has 0 saturated carbocycles. The number of rotatable bonds is 3. The molecule has 146 valence electrons. The van der Waals surface area contributed by atoms with E-state index in [0.717, 1.165) is 10.9 Å². The summed E-state index contributed by atoms with van der Waals surface area (Å²) < 4.78 is 6.39. The zero-order chi connectivity index (χ0) is 20.8. The fourth-order valence-electron chi connectivity index (χ4n) is 3.77. The molecule has 0 radical (unpaired) electrons. The topological polar surface area (TPSA) is 134 Å². The van der Waals surface area contributed by atoms with Crippen molar-refractivity contribution in [2.45, 2.75) is 13.0 Å². The SMILES string of the molecule is N#Cc1ccc(NC(=O)c2cc3cccc4c3n2CCC4=O)c(-c2noc(=O)[nH]2)c1. The van der Waals surface area contributed by atoms with E-state index >= 15 is 0 Å². The van der Waals surface area contributed by atoms with E-state index in [1.165, 1.54) is 6.07 Å². The average molecular weight is 399 g/mol. The number of hydrogen-bond donors (Lipinski definition) is 2. The van der Waals surface area contributed by atoms with Gasteiger partial charge >= 0.3 is 5.76 Å². The molecule has 0 bridgehead atoms. The lowest BCUT2D eigenvalue weighted by Crippen LogP contribution is -2.21. The van der Waals surface area contributed by atoms with Gasteiger partial charge in [-0.15, -0.1) is 0 Å². The first-order valence-corrected chi connectivity index (χ1v) is 9.12. The van der Waals surface area contributed by atoms with Crippen molar-refractivity contribution in [2.24, 2.45) is 0 Å². The van der Waals surface area contributed by atoms with Crippen LogP contribution in [0.3, 0.4) is 0 Å². The highest BCUT2D eigenvalue weighted by Gasteiger charge is 2.25. The predicted molar refractivity (Wildman–Crippen MR) is 106 cm³/mol. The number of aromatic nitrogens is 3. The Labute approximate surface area is 168 Å². The van der Waals surface area contributed by atoms with Crippen LogP contribution in [0.4, 0.5) is 5.69 Å². The van der Waals surface area contributed by atoms with Crippen LogP contribution >= 0.6 is 0 Å². The molecule has 1 amide bonds. The Morgan fingerprint density at radius 2 is 2.07 bits per heavy atom. The van der Waals surface area contributed by atoms with E-state index in [0.29, 0.717) is 41.0 Å². The molecular formula is C21H13N5O4. The van der Waals surface area contributed by atoms with Crippen LogP contribution < -0.4 is 11.1 Å². The number of ketones is 1. The Morgan fingerprint density at radius 3 is 2.83 bits per heavy atom. The van der Waals surface area contributed by atoms with Gasteiger partial charge in [0, 0.05) is 29.5 Å². The molecule has 30 heavy (non-hydrogen) atoms. The second-order valence-electron chi connectivity index (χ2n) is 6.87. The summed E-state index contributed by atoms with van der Waals surface area (Å²) in [5.74, 6) is -0.975. The number of carbonyl (C=O) groups excluding carboxylic acids is 2. The highest BCUT2D eigenvalue weighted by Crippen LogP contribution is 2.31. The van der Waals surface area contributed by atoms with E-state index in [4.69, 9.17) is 0 Å². The van der Waals surface area contributed by atoms with Crippen LogP contribution in [0.25, 0.3) is 22.3 Å². The molecule has 2 aromatic heterocycles. The molecular weight excluding hydrogens is 386 g/mol. The lowest BCUT2D eigenvalue weighted by atomic mass is 10.0. The van der Waals surface area contributed by atoms with Gasteiger partial charge in [0.05, 0.1) is 22.8 Å². The number of nitrogens with one attached hydrogen (secondary N) is 2. The van der Waals surface area contributed by atoms with E-state index in [2.05, 4.69) is 20.0 Å². The third kappa shape index (κ3) is 2.70. The van der Waals surface area contributed by atoms with Crippen LogP contribution in [-0.4, -0.2) is 26.4 Å². The van der Waals surface area contributed by atoms with Crippen LogP contribution in [0.1, 0.15) is 32.8 Å². The summed E-state index contributed by atoms with van der Waals surface area (Å²) in [6.07, 6.45) is 0.323. The molecule has 2 aromatic carbocycles. The van der Waals surface area contributed by atoms with Gasteiger partial charge in [-0.2, -0.15) is 5.26 Å². The quantitative estimate of drug-likeness (QED) is 0.544. The molecule has 0 spiro atoms. The molecule has 0 atom stereocenters. The van der Waals surface area contributed by atoms with Crippen molar-refractivity contribution >= 4 is 28.3 Å². The minimum Gasteiger partial charge on any atom is -0.335 e. The van der Waals surface area contributed by atoms with Gasteiger partial charge in [0.1, 0.15) is 5.69 Å². The highest BCUT2D eigenvalue weighted by molar-refractivity contribution is 6.13. The summed E-state index contributed by atoms with van der Waals surface area (Å²) in [5.41, 5.74) is 2.80. The van der Waals surface area contributed by atoms with Crippen molar-refractivity contribution in [3.8, 4) is 17.5 Å². The van der Waals surface area contributed by atoms with Gasteiger partial charge in [0.2, 0.25) is 0 Å². The number of nitrogens with zero attached hydrogens (tertiary/aromatic N) is 3. The molecule has 0 unspecified atom stereocenters. The lowest BCUT2D eigenvalue weighted by molar-refractivity contribution is 0.0963. The molecule has 1 aliphatic heterocycles. The van der Waals surface area contributed by atoms with E-state index in [-0.39, 0.29) is 17.5 Å². The minimum absolute atomic E-state index is 0.0579. The Hall–Kier alpha value is -4.45. The van der Waals surface area contributed by atoms with Crippen LogP contribution in [-0.2, 0) is 6.54 Å². The average Bonchev–Trinajstić information content (AvgIpc) is 3.35. The summed E-state index contributed by atoms with van der Waals surface area (Å²) in [4.78, 5) is 39.1. The maximum Gasteiger partial charge on any atom is 0.439 e. The van der Waals surface area contributed by atoms with Crippen LogP contribution in [0.2, 0.25) is 0 Å². The number of H-pyrrole nitrogens is 1. The van der Waals surface area contributed by atoms with E-state index in [1.54, 1.807) is 30.3 Å². The Morgan fingerprint density at radius 1 is 1.20 bits per heavy atom. The van der Waals surface area contributed by atoms with Crippen molar-refractivity contribution in [2.75, 3.05) is 5.32 Å². The number of Topliss-reactive ketones (excluding diaryl/α,β-unsaturated/α-hetero) is 1. The molecule has 9 heteroatoms. The van der Waals surface area contributed by atoms with Crippen molar-refractivity contribution in [3.05, 3.63) is 69.8 Å². The molecule has 0 saturated heterocycles. The fourth-order valence-corrected chi connectivity index (χ4v) is 3.77. The molecule has 0 aliphatic carbocycles. The smallest absolute Gasteiger partial charge is 0.335 e. The summed E-state index contributed by atoms with van der Waals surface area (Å²) >= 11 is 0. The fraction of sp³-hybridized carbons (Fsp3) is 0.0952. The Balaban J connectivity index is 1.58. The summed E-state index contributed by atoms with van der Waals surface area (Å²) in [5, 5.41) is 16.5. The Kier molecular flexibility index (Phi) is 3.86. The molecule has 0 fully saturated rings. The maximum atomic E-state index is 13.1.